The molecule has 0 unspecified atom stereocenters. The highest BCUT2D eigenvalue weighted by molar-refractivity contribution is 5.55. The first-order valence-electron chi connectivity index (χ1n) is 10.5. The van der Waals surface area contributed by atoms with Gasteiger partial charge in [0.1, 0.15) is 12.4 Å². The van der Waals surface area contributed by atoms with Crippen LogP contribution < -0.4 is 9.64 Å². The predicted octanol–water partition coefficient (Wildman–Crippen LogP) is 5.20. The molecule has 1 fully saturated rings. The van der Waals surface area contributed by atoms with E-state index >= 15 is 0 Å². The Balaban J connectivity index is 1.32. The van der Waals surface area contributed by atoms with Gasteiger partial charge in [-0.2, -0.15) is 0 Å². The van der Waals surface area contributed by atoms with Gasteiger partial charge in [0.05, 0.1) is 0 Å². The highest BCUT2D eigenvalue weighted by Gasteiger charge is 2.18. The third kappa shape index (κ3) is 5.18. The molecule has 1 saturated heterocycles. The van der Waals surface area contributed by atoms with Crippen LogP contribution in [0.2, 0.25) is 0 Å². The van der Waals surface area contributed by atoms with Crippen LogP contribution in [-0.4, -0.2) is 31.1 Å². The molecule has 3 nitrogen and oxygen atoms in total. The lowest BCUT2D eigenvalue weighted by Crippen LogP contribution is -2.46. The van der Waals surface area contributed by atoms with Crippen molar-refractivity contribution in [3.63, 3.8) is 0 Å². The lowest BCUT2D eigenvalue weighted by atomic mass is 10.1. The van der Waals surface area contributed by atoms with Gasteiger partial charge in [-0.05, 0) is 54.3 Å². The fourth-order valence-corrected chi connectivity index (χ4v) is 3.94. The van der Waals surface area contributed by atoms with E-state index in [1.165, 1.54) is 27.9 Å². The Kier molecular flexibility index (Phi) is 6.16. The summed E-state index contributed by atoms with van der Waals surface area (Å²) in [6.45, 7) is 10.3. The average molecular weight is 387 g/mol. The second-order valence-electron chi connectivity index (χ2n) is 7.97. The molecular weight excluding hydrogens is 356 g/mol. The van der Waals surface area contributed by atoms with Crippen molar-refractivity contribution < 1.29 is 4.74 Å². The second-order valence-corrected chi connectivity index (χ2v) is 7.97. The Labute approximate surface area is 174 Å². The third-order valence-electron chi connectivity index (χ3n) is 5.63. The van der Waals surface area contributed by atoms with Gasteiger partial charge in [-0.15, -0.1) is 0 Å². The molecule has 4 rings (SSSR count). The molecule has 29 heavy (non-hydrogen) atoms. The van der Waals surface area contributed by atoms with Crippen LogP contribution >= 0.6 is 0 Å². The maximum absolute atomic E-state index is 5.99. The maximum atomic E-state index is 5.99. The molecule has 1 aliphatic rings. The number of rotatable bonds is 6. The van der Waals surface area contributed by atoms with Crippen LogP contribution in [0.15, 0.2) is 72.8 Å². The number of hydrogen-bond donors (Lipinski definition) is 0. The number of hydrogen-bond acceptors (Lipinski definition) is 3. The van der Waals surface area contributed by atoms with Gasteiger partial charge in [-0.25, -0.2) is 0 Å². The topological polar surface area (TPSA) is 15.7 Å². The molecule has 3 aromatic carbocycles. The number of benzene rings is 3. The summed E-state index contributed by atoms with van der Waals surface area (Å²) in [5.41, 5.74) is 6.60. The number of anilines is 1. The monoisotopic (exact) mass is 386 g/mol. The van der Waals surface area contributed by atoms with E-state index in [4.69, 9.17) is 4.74 Å². The van der Waals surface area contributed by atoms with E-state index in [0.717, 1.165) is 38.5 Å². The van der Waals surface area contributed by atoms with E-state index in [-0.39, 0.29) is 0 Å². The summed E-state index contributed by atoms with van der Waals surface area (Å²) in [5.74, 6) is 0.945. The summed E-state index contributed by atoms with van der Waals surface area (Å²) in [4.78, 5) is 5.07. The smallest absolute Gasteiger partial charge is 0.120 e. The molecule has 0 atom stereocenters. The summed E-state index contributed by atoms with van der Waals surface area (Å²) < 4.78 is 5.99. The SMILES string of the molecule is Cc1ccc(C)c(N2CCN(Cc3cccc(OCc4ccccc4)c3)CC2)c1. The normalized spacial score (nSPS) is 14.8. The van der Waals surface area contributed by atoms with E-state index in [1.54, 1.807) is 0 Å². The van der Waals surface area contributed by atoms with Gasteiger partial charge in [0, 0.05) is 38.4 Å². The highest BCUT2D eigenvalue weighted by atomic mass is 16.5. The van der Waals surface area contributed by atoms with Crippen LogP contribution in [0.4, 0.5) is 5.69 Å². The van der Waals surface area contributed by atoms with Crippen molar-refractivity contribution in [3.8, 4) is 5.75 Å². The van der Waals surface area contributed by atoms with Crippen LogP contribution in [0.3, 0.4) is 0 Å². The first-order chi connectivity index (χ1) is 14.2. The van der Waals surface area contributed by atoms with Gasteiger partial charge in [0.2, 0.25) is 0 Å². The molecule has 0 bridgehead atoms. The molecule has 0 N–H and O–H groups in total. The number of piperazine rings is 1. The minimum Gasteiger partial charge on any atom is -0.489 e. The fourth-order valence-electron chi connectivity index (χ4n) is 3.94. The van der Waals surface area contributed by atoms with Crippen LogP contribution in [0.25, 0.3) is 0 Å². The lowest BCUT2D eigenvalue weighted by molar-refractivity contribution is 0.249. The molecule has 0 aromatic heterocycles. The zero-order valence-corrected chi connectivity index (χ0v) is 17.5. The molecule has 0 radical (unpaired) electrons. The zero-order chi connectivity index (χ0) is 20.1. The van der Waals surface area contributed by atoms with Crippen LogP contribution in [0.1, 0.15) is 22.3 Å². The largest absolute Gasteiger partial charge is 0.489 e. The molecule has 0 aliphatic carbocycles. The Morgan fingerprint density at radius 2 is 1.52 bits per heavy atom. The molecule has 1 aliphatic heterocycles. The van der Waals surface area contributed by atoms with Crippen molar-refractivity contribution >= 4 is 5.69 Å². The first-order valence-corrected chi connectivity index (χ1v) is 10.5. The Hall–Kier alpha value is -2.78. The van der Waals surface area contributed by atoms with Gasteiger partial charge < -0.3 is 9.64 Å². The second kappa shape index (κ2) is 9.15. The van der Waals surface area contributed by atoms with Gasteiger partial charge in [-0.1, -0.05) is 54.6 Å². The zero-order valence-electron chi connectivity index (χ0n) is 17.5. The van der Waals surface area contributed by atoms with Crippen molar-refractivity contribution in [2.75, 3.05) is 31.1 Å². The predicted molar refractivity (Wildman–Crippen MR) is 121 cm³/mol. The summed E-state index contributed by atoms with van der Waals surface area (Å²) in [6.07, 6.45) is 0. The van der Waals surface area contributed by atoms with Crippen molar-refractivity contribution in [2.24, 2.45) is 0 Å². The molecule has 1 heterocycles. The Morgan fingerprint density at radius 3 is 2.31 bits per heavy atom. The number of ether oxygens (including phenoxy) is 1. The van der Waals surface area contributed by atoms with E-state index in [2.05, 4.69) is 72.2 Å². The molecule has 0 spiro atoms. The quantitative estimate of drug-likeness (QED) is 0.579. The van der Waals surface area contributed by atoms with Gasteiger partial charge in [0.25, 0.3) is 0 Å². The number of nitrogens with zero attached hydrogens (tertiary/aromatic N) is 2. The third-order valence-corrected chi connectivity index (χ3v) is 5.63. The summed E-state index contributed by atoms with van der Waals surface area (Å²) in [5, 5.41) is 0. The number of aryl methyl sites for hydroxylation is 2. The standard InChI is InChI=1S/C26H30N2O/c1-21-11-12-22(2)26(17-21)28-15-13-27(14-16-28)19-24-9-6-10-25(18-24)29-20-23-7-4-3-5-8-23/h3-12,17-18H,13-16,19-20H2,1-2H3. The maximum Gasteiger partial charge on any atom is 0.120 e. The molecular formula is C26H30N2O. The van der Waals surface area contributed by atoms with Crippen molar-refractivity contribution in [3.05, 3.63) is 95.1 Å². The minimum atomic E-state index is 0.610. The summed E-state index contributed by atoms with van der Waals surface area (Å²) >= 11 is 0. The van der Waals surface area contributed by atoms with E-state index in [0.29, 0.717) is 6.61 Å². The molecule has 3 heteroatoms. The first kappa shape index (κ1) is 19.5. The molecule has 150 valence electrons. The van der Waals surface area contributed by atoms with Crippen LogP contribution in [0.5, 0.6) is 5.75 Å². The Bertz CT molecular complexity index is 930. The fraction of sp³-hybridized carbons (Fsp3) is 0.308. The lowest BCUT2D eigenvalue weighted by Gasteiger charge is -2.37. The van der Waals surface area contributed by atoms with Gasteiger partial charge in [-0.3, -0.25) is 4.90 Å². The van der Waals surface area contributed by atoms with E-state index < -0.39 is 0 Å². The Morgan fingerprint density at radius 1 is 0.759 bits per heavy atom. The highest BCUT2D eigenvalue weighted by Crippen LogP contribution is 2.24. The van der Waals surface area contributed by atoms with E-state index in [9.17, 15) is 0 Å². The minimum absolute atomic E-state index is 0.610. The van der Waals surface area contributed by atoms with Gasteiger partial charge >= 0.3 is 0 Å². The van der Waals surface area contributed by atoms with Crippen LogP contribution in [-0.2, 0) is 13.2 Å². The molecule has 0 amide bonds. The summed E-state index contributed by atoms with van der Waals surface area (Å²) in [7, 11) is 0. The average Bonchev–Trinajstić information content (AvgIpc) is 2.76. The molecule has 0 saturated carbocycles. The van der Waals surface area contributed by atoms with Crippen molar-refractivity contribution in [1.29, 1.82) is 0 Å². The summed E-state index contributed by atoms with van der Waals surface area (Å²) in [6, 6.07) is 25.6. The van der Waals surface area contributed by atoms with Crippen molar-refractivity contribution in [2.45, 2.75) is 27.0 Å². The van der Waals surface area contributed by atoms with Gasteiger partial charge in [0.15, 0.2) is 0 Å². The molecule has 3 aromatic rings. The van der Waals surface area contributed by atoms with Crippen molar-refractivity contribution in [1.82, 2.24) is 4.90 Å². The van der Waals surface area contributed by atoms with Crippen LogP contribution in [0, 0.1) is 13.8 Å². The van der Waals surface area contributed by atoms with E-state index in [1.807, 2.05) is 24.3 Å².